The predicted molar refractivity (Wildman–Crippen MR) is 158 cm³/mol. The summed E-state index contributed by atoms with van der Waals surface area (Å²) in [6.45, 7) is 4.64. The van der Waals surface area contributed by atoms with Gasteiger partial charge in [-0.1, -0.05) is 41.4 Å². The first kappa shape index (κ1) is 31.0. The molecule has 2 aliphatic heterocycles. The van der Waals surface area contributed by atoms with Gasteiger partial charge < -0.3 is 19.3 Å². The number of rotatable bonds is 7. The molecule has 2 aliphatic rings. The highest BCUT2D eigenvalue weighted by molar-refractivity contribution is 7.99. The minimum atomic E-state index is -4.80. The number of ether oxygens (including phenoxy) is 2. The SMILES string of the molecule is C=CC(=O)N1CCN(c2nc(=O)n3c4c(c(-c5cc(Cl)c(Cl)cc5Cl)c(C(F)(F)F)cc24)SC[C@@H]3COCOC)CC1. The van der Waals surface area contributed by atoms with E-state index in [4.69, 9.17) is 44.3 Å². The molecule has 1 atom stereocenters. The van der Waals surface area contributed by atoms with Crippen LogP contribution in [0.2, 0.25) is 15.1 Å². The smallest absolute Gasteiger partial charge is 0.359 e. The van der Waals surface area contributed by atoms with E-state index < -0.39 is 23.5 Å². The lowest BCUT2D eigenvalue weighted by Gasteiger charge is -2.37. The molecule has 3 heterocycles. The zero-order valence-corrected chi connectivity index (χ0v) is 25.2. The molecule has 0 spiro atoms. The van der Waals surface area contributed by atoms with Gasteiger partial charge in [-0.25, -0.2) is 4.79 Å². The zero-order chi connectivity index (χ0) is 30.3. The second-order valence-corrected chi connectivity index (χ2v) is 11.9. The Bertz CT molecular complexity index is 1630. The van der Waals surface area contributed by atoms with Crippen molar-refractivity contribution in [2.24, 2.45) is 0 Å². The van der Waals surface area contributed by atoms with Crippen molar-refractivity contribution in [1.29, 1.82) is 0 Å². The minimum Gasteiger partial charge on any atom is -0.359 e. The lowest BCUT2D eigenvalue weighted by Crippen LogP contribution is -2.49. The van der Waals surface area contributed by atoms with E-state index in [9.17, 15) is 22.8 Å². The van der Waals surface area contributed by atoms with Gasteiger partial charge >= 0.3 is 11.9 Å². The molecular formula is C27H24Cl3F3N4O4S. The second-order valence-electron chi connectivity index (χ2n) is 9.61. The molecule has 1 aromatic heterocycles. The number of alkyl halides is 3. The van der Waals surface area contributed by atoms with Crippen molar-refractivity contribution in [3.05, 3.63) is 62.0 Å². The number of anilines is 1. The lowest BCUT2D eigenvalue weighted by molar-refractivity contribution is -0.137. The summed E-state index contributed by atoms with van der Waals surface area (Å²) in [5.41, 5.74) is -1.49. The monoisotopic (exact) mass is 662 g/mol. The van der Waals surface area contributed by atoms with E-state index in [1.165, 1.54) is 29.9 Å². The zero-order valence-electron chi connectivity index (χ0n) is 22.1. The van der Waals surface area contributed by atoms with Gasteiger partial charge in [-0.05, 0) is 24.3 Å². The van der Waals surface area contributed by atoms with Gasteiger partial charge in [-0.2, -0.15) is 18.2 Å². The Balaban J connectivity index is 1.80. The van der Waals surface area contributed by atoms with E-state index in [-0.39, 0.29) is 99.0 Å². The van der Waals surface area contributed by atoms with E-state index >= 15 is 0 Å². The number of hydrogen-bond acceptors (Lipinski definition) is 7. The molecule has 1 fully saturated rings. The van der Waals surface area contributed by atoms with Gasteiger partial charge in [0, 0.05) is 60.5 Å². The highest BCUT2D eigenvalue weighted by atomic mass is 35.5. The lowest BCUT2D eigenvalue weighted by atomic mass is 9.95. The third-order valence-electron chi connectivity index (χ3n) is 7.09. The van der Waals surface area contributed by atoms with Crippen molar-refractivity contribution in [1.82, 2.24) is 14.5 Å². The molecule has 224 valence electrons. The third-order valence-corrected chi connectivity index (χ3v) is 9.36. The fourth-order valence-electron chi connectivity index (χ4n) is 5.20. The Morgan fingerprint density at radius 2 is 1.83 bits per heavy atom. The van der Waals surface area contributed by atoms with Gasteiger partial charge in [0.05, 0.1) is 38.8 Å². The molecule has 42 heavy (non-hydrogen) atoms. The minimum absolute atomic E-state index is 0.0252. The molecule has 15 heteroatoms. The summed E-state index contributed by atoms with van der Waals surface area (Å²) in [6, 6.07) is 3.06. The quantitative estimate of drug-likeness (QED) is 0.130. The molecule has 0 unspecified atom stereocenters. The van der Waals surface area contributed by atoms with Crippen molar-refractivity contribution in [3.63, 3.8) is 0 Å². The van der Waals surface area contributed by atoms with Gasteiger partial charge in [-0.15, -0.1) is 11.8 Å². The molecular weight excluding hydrogens is 640 g/mol. The van der Waals surface area contributed by atoms with Crippen LogP contribution in [0.1, 0.15) is 11.6 Å². The topological polar surface area (TPSA) is 76.9 Å². The fraction of sp³-hybridized carbons (Fsp3) is 0.370. The Morgan fingerprint density at radius 1 is 1.14 bits per heavy atom. The van der Waals surface area contributed by atoms with Gasteiger partial charge in [-0.3, -0.25) is 9.36 Å². The first-order valence-corrected chi connectivity index (χ1v) is 14.8. The number of hydrogen-bond donors (Lipinski definition) is 0. The second kappa shape index (κ2) is 12.3. The fourth-order valence-corrected chi connectivity index (χ4v) is 7.15. The summed E-state index contributed by atoms with van der Waals surface area (Å²) in [7, 11) is 1.46. The standard InChI is InChI=1S/C27H24Cl3F3N4O4S/c1-3-21(38)35-4-6-36(7-5-35)25-16-8-17(27(31,32)33)22(15-9-19(29)20(30)10-18(15)28)24-23(16)37(26(39)34-25)14(12-42-24)11-41-13-40-2/h3,8-10,14H,1,4-7,11-13H2,2H3/t14-/m0/s1. The number of methoxy groups -OCH3 is 1. The highest BCUT2D eigenvalue weighted by Crippen LogP contribution is 2.51. The molecule has 0 bridgehead atoms. The third kappa shape index (κ3) is 5.72. The Morgan fingerprint density at radius 3 is 2.48 bits per heavy atom. The number of piperazine rings is 1. The molecule has 5 rings (SSSR count). The number of benzene rings is 2. The highest BCUT2D eigenvalue weighted by Gasteiger charge is 2.40. The Labute approximate surface area is 257 Å². The van der Waals surface area contributed by atoms with Crippen LogP contribution in [0.25, 0.3) is 22.0 Å². The molecule has 0 radical (unpaired) electrons. The van der Waals surface area contributed by atoms with Crippen LogP contribution < -0.4 is 10.6 Å². The van der Waals surface area contributed by atoms with Crippen LogP contribution in [0.3, 0.4) is 0 Å². The molecule has 1 saturated heterocycles. The van der Waals surface area contributed by atoms with Crippen molar-refractivity contribution in [3.8, 4) is 11.1 Å². The molecule has 0 N–H and O–H groups in total. The summed E-state index contributed by atoms with van der Waals surface area (Å²) in [6.07, 6.45) is -3.60. The summed E-state index contributed by atoms with van der Waals surface area (Å²) in [5, 5.41) is 0.240. The van der Waals surface area contributed by atoms with Gasteiger partial charge in [0.2, 0.25) is 5.91 Å². The summed E-state index contributed by atoms with van der Waals surface area (Å²) in [5.74, 6) is 0.0782. The largest absolute Gasteiger partial charge is 0.417 e. The van der Waals surface area contributed by atoms with E-state index in [1.54, 1.807) is 9.80 Å². The maximum Gasteiger partial charge on any atom is 0.417 e. The van der Waals surface area contributed by atoms with Gasteiger partial charge in [0.1, 0.15) is 12.6 Å². The average molecular weight is 664 g/mol. The molecule has 0 saturated carbocycles. The molecule has 8 nitrogen and oxygen atoms in total. The number of carbonyl (C=O) groups excluding carboxylic acids is 1. The van der Waals surface area contributed by atoms with Crippen molar-refractivity contribution >= 4 is 69.2 Å². The number of halogens is 6. The normalized spacial score (nSPS) is 17.2. The van der Waals surface area contributed by atoms with E-state index in [2.05, 4.69) is 11.6 Å². The van der Waals surface area contributed by atoms with Crippen LogP contribution >= 0.6 is 46.6 Å². The number of amides is 1. The molecule has 0 aliphatic carbocycles. The number of thioether (sulfide) groups is 1. The van der Waals surface area contributed by atoms with Gasteiger partial charge in [0.25, 0.3) is 0 Å². The molecule has 3 aromatic rings. The van der Waals surface area contributed by atoms with Crippen molar-refractivity contribution in [2.75, 3.05) is 57.3 Å². The summed E-state index contributed by atoms with van der Waals surface area (Å²) < 4.78 is 56.4. The first-order chi connectivity index (χ1) is 20.0. The van der Waals surface area contributed by atoms with Crippen LogP contribution in [0.4, 0.5) is 19.0 Å². The van der Waals surface area contributed by atoms with Gasteiger partial charge in [0.15, 0.2) is 0 Å². The maximum absolute atomic E-state index is 14.8. The van der Waals surface area contributed by atoms with Crippen LogP contribution in [0.15, 0.2) is 40.5 Å². The van der Waals surface area contributed by atoms with E-state index in [1.807, 2.05) is 0 Å². The molecule has 1 amide bonds. The number of aromatic nitrogens is 2. The predicted octanol–water partition coefficient (Wildman–Crippen LogP) is 6.14. The van der Waals surface area contributed by atoms with Crippen LogP contribution in [-0.2, 0) is 20.4 Å². The van der Waals surface area contributed by atoms with Crippen LogP contribution in [0, 0.1) is 0 Å². The number of nitrogens with zero attached hydrogens (tertiary/aromatic N) is 4. The van der Waals surface area contributed by atoms with Crippen molar-refractivity contribution in [2.45, 2.75) is 17.1 Å². The van der Waals surface area contributed by atoms with Crippen molar-refractivity contribution < 1.29 is 27.4 Å². The Kier molecular flexibility index (Phi) is 9.03. The average Bonchev–Trinajstić information content (AvgIpc) is 2.96. The van der Waals surface area contributed by atoms with Crippen LogP contribution in [0.5, 0.6) is 0 Å². The Hall–Kier alpha value is -2.48. The van der Waals surface area contributed by atoms with Crippen LogP contribution in [-0.4, -0.2) is 72.8 Å². The first-order valence-electron chi connectivity index (χ1n) is 12.7. The van der Waals surface area contributed by atoms with E-state index in [0.29, 0.717) is 0 Å². The maximum atomic E-state index is 14.8. The summed E-state index contributed by atoms with van der Waals surface area (Å²) >= 11 is 20.0. The number of carbonyl (C=O) groups is 1. The summed E-state index contributed by atoms with van der Waals surface area (Å²) in [4.78, 5) is 33.5. The molecule has 2 aromatic carbocycles. The van der Waals surface area contributed by atoms with E-state index in [0.717, 1.165) is 17.8 Å².